The zero-order chi connectivity index (χ0) is 14.5. The Balaban J connectivity index is 2.23. The second kappa shape index (κ2) is 5.63. The Morgan fingerprint density at radius 3 is 2.50 bits per heavy atom. The zero-order valence-corrected chi connectivity index (χ0v) is 10.2. The largest absolute Gasteiger partial charge is 0.478 e. The first-order valence-electron chi connectivity index (χ1n) is 5.60. The van der Waals surface area contributed by atoms with Gasteiger partial charge in [0.1, 0.15) is 0 Å². The highest BCUT2D eigenvalue weighted by molar-refractivity contribution is 6.07. The summed E-state index contributed by atoms with van der Waals surface area (Å²) in [6.45, 7) is 0. The number of anilines is 1. The number of carbonyl (C=O) groups excluding carboxylic acids is 1. The molecule has 0 spiro atoms. The van der Waals surface area contributed by atoms with Gasteiger partial charge in [-0.25, -0.2) is 4.79 Å². The van der Waals surface area contributed by atoms with Gasteiger partial charge in [0, 0.05) is 11.8 Å². The van der Waals surface area contributed by atoms with E-state index in [4.69, 9.17) is 10.4 Å². The Bertz CT molecular complexity index is 702. The van der Waals surface area contributed by atoms with Crippen molar-refractivity contribution in [1.29, 1.82) is 5.26 Å². The van der Waals surface area contributed by atoms with Gasteiger partial charge in [0.05, 0.1) is 29.1 Å². The Labute approximate surface area is 114 Å². The third-order valence-electron chi connectivity index (χ3n) is 2.58. The maximum Gasteiger partial charge on any atom is 0.337 e. The number of benzene rings is 1. The standard InChI is InChI=1S/C14H9N3O3/c15-7-9-1-3-10(4-2-9)13(18)17-12-8-16-6-5-11(12)14(19)20/h1-6,8H,(H,17,18)(H,19,20). The smallest absolute Gasteiger partial charge is 0.337 e. The molecule has 0 radical (unpaired) electrons. The summed E-state index contributed by atoms with van der Waals surface area (Å²) >= 11 is 0. The summed E-state index contributed by atoms with van der Waals surface area (Å²) in [5, 5.41) is 20.2. The summed E-state index contributed by atoms with van der Waals surface area (Å²) in [6.07, 6.45) is 2.60. The van der Waals surface area contributed by atoms with E-state index in [1.165, 1.54) is 42.7 Å². The molecule has 0 fully saturated rings. The molecule has 2 aromatic rings. The first-order chi connectivity index (χ1) is 9.61. The molecular formula is C14H9N3O3. The lowest BCUT2D eigenvalue weighted by Crippen LogP contribution is -2.15. The molecule has 2 rings (SSSR count). The molecule has 6 heteroatoms. The Hall–Kier alpha value is -3.20. The molecule has 98 valence electrons. The van der Waals surface area contributed by atoms with E-state index in [1.54, 1.807) is 0 Å². The van der Waals surface area contributed by atoms with Gasteiger partial charge < -0.3 is 10.4 Å². The van der Waals surface area contributed by atoms with Crippen molar-refractivity contribution in [3.05, 3.63) is 59.4 Å². The summed E-state index contributed by atoms with van der Waals surface area (Å²) in [5.41, 5.74) is 0.842. The lowest BCUT2D eigenvalue weighted by Gasteiger charge is -2.07. The first kappa shape index (κ1) is 13.2. The van der Waals surface area contributed by atoms with E-state index in [0.717, 1.165) is 0 Å². The minimum absolute atomic E-state index is 0.0398. The van der Waals surface area contributed by atoms with Crippen molar-refractivity contribution in [3.63, 3.8) is 0 Å². The number of carboxylic acid groups (broad SMARTS) is 1. The van der Waals surface area contributed by atoms with Crippen LogP contribution in [0, 0.1) is 11.3 Å². The fourth-order valence-corrected chi connectivity index (χ4v) is 1.57. The Morgan fingerprint density at radius 1 is 1.20 bits per heavy atom. The monoisotopic (exact) mass is 267 g/mol. The van der Waals surface area contributed by atoms with Crippen molar-refractivity contribution in [1.82, 2.24) is 4.98 Å². The molecule has 0 bridgehead atoms. The van der Waals surface area contributed by atoms with E-state index < -0.39 is 11.9 Å². The predicted molar refractivity (Wildman–Crippen MR) is 70.3 cm³/mol. The van der Waals surface area contributed by atoms with Crippen LogP contribution in [0.3, 0.4) is 0 Å². The number of pyridine rings is 1. The molecule has 6 nitrogen and oxygen atoms in total. The number of carbonyl (C=O) groups is 2. The van der Waals surface area contributed by atoms with Gasteiger partial charge in [-0.2, -0.15) is 5.26 Å². The van der Waals surface area contributed by atoms with E-state index >= 15 is 0 Å². The number of carboxylic acids is 1. The molecule has 1 amide bonds. The summed E-state index contributed by atoms with van der Waals surface area (Å²) in [7, 11) is 0. The van der Waals surface area contributed by atoms with E-state index in [-0.39, 0.29) is 11.3 Å². The number of nitrogens with one attached hydrogen (secondary N) is 1. The number of nitrogens with zero attached hydrogens (tertiary/aromatic N) is 2. The Kier molecular flexibility index (Phi) is 3.72. The van der Waals surface area contributed by atoms with Crippen molar-refractivity contribution in [2.45, 2.75) is 0 Å². The summed E-state index contributed by atoms with van der Waals surface area (Å²) in [4.78, 5) is 26.8. The minimum atomic E-state index is -1.15. The number of hydrogen-bond acceptors (Lipinski definition) is 4. The van der Waals surface area contributed by atoms with Gasteiger partial charge >= 0.3 is 5.97 Å². The molecule has 0 saturated heterocycles. The number of rotatable bonds is 3. The predicted octanol–water partition coefficient (Wildman–Crippen LogP) is 1.90. The van der Waals surface area contributed by atoms with Gasteiger partial charge in [0.2, 0.25) is 0 Å². The highest BCUT2D eigenvalue weighted by atomic mass is 16.4. The van der Waals surface area contributed by atoms with Crippen LogP contribution < -0.4 is 5.32 Å². The number of aromatic carboxylic acids is 1. The fourth-order valence-electron chi connectivity index (χ4n) is 1.57. The molecule has 1 aromatic heterocycles. The van der Waals surface area contributed by atoms with E-state index in [9.17, 15) is 9.59 Å². The van der Waals surface area contributed by atoms with Crippen LogP contribution in [0.2, 0.25) is 0 Å². The lowest BCUT2D eigenvalue weighted by molar-refractivity contribution is 0.0698. The van der Waals surface area contributed by atoms with Gasteiger partial charge in [-0.05, 0) is 30.3 Å². The highest BCUT2D eigenvalue weighted by Gasteiger charge is 2.13. The molecule has 1 heterocycles. The maximum atomic E-state index is 12.0. The molecule has 2 N–H and O–H groups in total. The van der Waals surface area contributed by atoms with Gasteiger partial charge in [0.15, 0.2) is 0 Å². The summed E-state index contributed by atoms with van der Waals surface area (Å²) < 4.78 is 0. The van der Waals surface area contributed by atoms with Crippen LogP contribution in [0.5, 0.6) is 0 Å². The van der Waals surface area contributed by atoms with Crippen LogP contribution in [-0.2, 0) is 0 Å². The van der Waals surface area contributed by atoms with Gasteiger partial charge in [-0.15, -0.1) is 0 Å². The van der Waals surface area contributed by atoms with E-state index in [0.29, 0.717) is 11.1 Å². The van der Waals surface area contributed by atoms with Crippen molar-refractivity contribution < 1.29 is 14.7 Å². The molecular weight excluding hydrogens is 258 g/mol. The third-order valence-corrected chi connectivity index (χ3v) is 2.58. The molecule has 0 unspecified atom stereocenters. The van der Waals surface area contributed by atoms with Crippen LogP contribution in [0.25, 0.3) is 0 Å². The van der Waals surface area contributed by atoms with Gasteiger partial charge in [-0.3, -0.25) is 9.78 Å². The van der Waals surface area contributed by atoms with Crippen LogP contribution in [0.15, 0.2) is 42.7 Å². The van der Waals surface area contributed by atoms with Crippen molar-refractivity contribution in [2.24, 2.45) is 0 Å². The van der Waals surface area contributed by atoms with Crippen LogP contribution >= 0.6 is 0 Å². The molecule has 0 saturated carbocycles. The summed E-state index contributed by atoms with van der Waals surface area (Å²) in [6, 6.07) is 9.25. The van der Waals surface area contributed by atoms with E-state index in [2.05, 4.69) is 10.3 Å². The minimum Gasteiger partial charge on any atom is -0.478 e. The number of aromatic nitrogens is 1. The van der Waals surface area contributed by atoms with Crippen LogP contribution in [-0.4, -0.2) is 22.0 Å². The van der Waals surface area contributed by atoms with Gasteiger partial charge in [-0.1, -0.05) is 0 Å². The zero-order valence-electron chi connectivity index (χ0n) is 10.2. The molecule has 20 heavy (non-hydrogen) atoms. The fraction of sp³-hybridized carbons (Fsp3) is 0. The Morgan fingerprint density at radius 2 is 1.90 bits per heavy atom. The molecule has 0 aliphatic heterocycles. The quantitative estimate of drug-likeness (QED) is 0.884. The van der Waals surface area contributed by atoms with Crippen molar-refractivity contribution in [3.8, 4) is 6.07 Å². The second-order valence-electron chi connectivity index (χ2n) is 3.87. The molecule has 0 aliphatic carbocycles. The lowest BCUT2D eigenvalue weighted by atomic mass is 10.1. The highest BCUT2D eigenvalue weighted by Crippen LogP contribution is 2.15. The molecule has 1 aromatic carbocycles. The third kappa shape index (κ3) is 2.79. The van der Waals surface area contributed by atoms with Crippen molar-refractivity contribution >= 4 is 17.6 Å². The normalized spacial score (nSPS) is 9.55. The topological polar surface area (TPSA) is 103 Å². The SMILES string of the molecule is N#Cc1ccc(C(=O)Nc2cnccc2C(=O)O)cc1. The second-order valence-corrected chi connectivity index (χ2v) is 3.87. The first-order valence-corrected chi connectivity index (χ1v) is 5.60. The van der Waals surface area contributed by atoms with Crippen LogP contribution in [0.1, 0.15) is 26.3 Å². The maximum absolute atomic E-state index is 12.0. The number of nitriles is 1. The van der Waals surface area contributed by atoms with Gasteiger partial charge in [0.25, 0.3) is 5.91 Å². The molecule has 0 atom stereocenters. The molecule has 0 aliphatic rings. The number of amides is 1. The average Bonchev–Trinajstić information content (AvgIpc) is 2.47. The summed E-state index contributed by atoms with van der Waals surface area (Å²) in [5.74, 6) is -1.62. The van der Waals surface area contributed by atoms with Crippen LogP contribution in [0.4, 0.5) is 5.69 Å². The van der Waals surface area contributed by atoms with Crippen molar-refractivity contribution in [2.75, 3.05) is 5.32 Å². The average molecular weight is 267 g/mol. The number of hydrogen-bond donors (Lipinski definition) is 2. The van der Waals surface area contributed by atoms with E-state index in [1.807, 2.05) is 6.07 Å².